The van der Waals surface area contributed by atoms with Crippen LogP contribution >= 0.6 is 0 Å². The van der Waals surface area contributed by atoms with E-state index in [0.29, 0.717) is 12.0 Å². The molecule has 1 rings (SSSR count). The Hall–Kier alpha value is -3.47. The summed E-state index contributed by atoms with van der Waals surface area (Å²) in [7, 11) is 0. The topological polar surface area (TPSA) is 194 Å². The van der Waals surface area contributed by atoms with Gasteiger partial charge in [-0.3, -0.25) is 19.2 Å². The van der Waals surface area contributed by atoms with Gasteiger partial charge in [-0.15, -0.1) is 0 Å². The minimum atomic E-state index is -1.43. The van der Waals surface area contributed by atoms with Gasteiger partial charge >= 0.3 is 5.97 Å². The van der Waals surface area contributed by atoms with Crippen LogP contribution < -0.4 is 27.4 Å². The minimum absolute atomic E-state index is 0.00107. The smallest absolute Gasteiger partial charge is 0.326 e. The quantitative estimate of drug-likeness (QED) is 0.194. The molecule has 4 atom stereocenters. The average Bonchev–Trinajstić information content (AvgIpc) is 2.77. The van der Waals surface area contributed by atoms with Crippen molar-refractivity contribution in [3.63, 3.8) is 0 Å². The predicted molar refractivity (Wildman–Crippen MR) is 134 cm³/mol. The van der Waals surface area contributed by atoms with Crippen molar-refractivity contribution in [1.29, 1.82) is 0 Å². The highest BCUT2D eigenvalue weighted by Crippen LogP contribution is 2.09. The molecule has 0 bridgehead atoms. The molecule has 0 spiro atoms. The van der Waals surface area contributed by atoms with Crippen molar-refractivity contribution in [2.75, 3.05) is 0 Å². The number of hydrogen-bond donors (Lipinski definition) is 6. The van der Waals surface area contributed by atoms with Crippen molar-refractivity contribution in [2.45, 2.75) is 77.5 Å². The van der Waals surface area contributed by atoms with Crippen molar-refractivity contribution >= 4 is 29.6 Å². The van der Waals surface area contributed by atoms with Gasteiger partial charge in [0, 0.05) is 6.42 Å². The summed E-state index contributed by atoms with van der Waals surface area (Å²) in [5.41, 5.74) is 11.9. The first-order valence-corrected chi connectivity index (χ1v) is 12.0. The number of carboxylic acid groups (broad SMARTS) is 1. The van der Waals surface area contributed by atoms with E-state index in [9.17, 15) is 29.1 Å². The number of nitrogens with two attached hydrogens (primary N) is 2. The molecule has 200 valence electrons. The number of hydrogen-bond acceptors (Lipinski definition) is 6. The fraction of sp³-hybridized carbons (Fsp3) is 0.560. The zero-order valence-corrected chi connectivity index (χ0v) is 21.3. The van der Waals surface area contributed by atoms with Crippen LogP contribution in [-0.4, -0.2) is 58.9 Å². The molecule has 8 N–H and O–H groups in total. The summed E-state index contributed by atoms with van der Waals surface area (Å²) in [5.74, 6) is -4.05. The summed E-state index contributed by atoms with van der Waals surface area (Å²) in [5, 5.41) is 17.0. The van der Waals surface area contributed by atoms with Crippen LogP contribution in [0.3, 0.4) is 0 Å². The first-order chi connectivity index (χ1) is 16.8. The third-order valence-corrected chi connectivity index (χ3v) is 5.34. The Morgan fingerprint density at radius 3 is 1.78 bits per heavy atom. The summed E-state index contributed by atoms with van der Waals surface area (Å²) >= 11 is 0. The van der Waals surface area contributed by atoms with E-state index in [1.54, 1.807) is 30.3 Å². The average molecular weight is 506 g/mol. The third kappa shape index (κ3) is 11.3. The maximum atomic E-state index is 13.1. The van der Waals surface area contributed by atoms with Gasteiger partial charge in [-0.1, -0.05) is 58.0 Å². The molecule has 0 aliphatic heterocycles. The van der Waals surface area contributed by atoms with Gasteiger partial charge in [0.15, 0.2) is 0 Å². The van der Waals surface area contributed by atoms with Crippen molar-refractivity contribution in [3.05, 3.63) is 35.9 Å². The van der Waals surface area contributed by atoms with Crippen LogP contribution in [0.15, 0.2) is 30.3 Å². The summed E-state index contributed by atoms with van der Waals surface area (Å²) in [6.07, 6.45) is 0.124. The van der Waals surface area contributed by atoms with E-state index in [0.717, 1.165) is 0 Å². The molecular formula is C25H39N5O6. The second-order valence-corrected chi connectivity index (χ2v) is 9.75. The normalized spacial score (nSPS) is 14.4. The van der Waals surface area contributed by atoms with Crippen molar-refractivity contribution in [2.24, 2.45) is 23.3 Å². The van der Waals surface area contributed by atoms with Crippen LogP contribution in [-0.2, 0) is 30.4 Å². The van der Waals surface area contributed by atoms with Gasteiger partial charge in [-0.25, -0.2) is 4.79 Å². The lowest BCUT2D eigenvalue weighted by Crippen LogP contribution is -2.58. The van der Waals surface area contributed by atoms with Crippen LogP contribution in [0.25, 0.3) is 0 Å². The third-order valence-electron chi connectivity index (χ3n) is 5.34. The highest BCUT2D eigenvalue weighted by Gasteiger charge is 2.31. The standard InChI is InChI=1S/C25H39N5O6/c1-14(2)10-17(26)22(32)28-18(11-15(3)4)23(33)29-19(13-21(27)31)24(34)30-20(25(35)36)12-16-8-6-5-7-9-16/h5-9,14-15,17-20H,10-13,26H2,1-4H3,(H2,27,31)(H,28,32)(H,29,33)(H,30,34)(H,35,36). The zero-order valence-electron chi connectivity index (χ0n) is 21.3. The van der Waals surface area contributed by atoms with Crippen molar-refractivity contribution in [1.82, 2.24) is 16.0 Å². The van der Waals surface area contributed by atoms with Crippen LogP contribution in [0, 0.1) is 11.8 Å². The van der Waals surface area contributed by atoms with Gasteiger partial charge in [0.2, 0.25) is 23.6 Å². The molecule has 0 aromatic heterocycles. The number of carbonyl (C=O) groups is 5. The largest absolute Gasteiger partial charge is 0.480 e. The number of carboxylic acids is 1. The van der Waals surface area contributed by atoms with Crippen LogP contribution in [0.2, 0.25) is 0 Å². The van der Waals surface area contributed by atoms with Crippen LogP contribution in [0.5, 0.6) is 0 Å². The highest BCUT2D eigenvalue weighted by molar-refractivity contribution is 5.96. The zero-order chi connectivity index (χ0) is 27.4. The highest BCUT2D eigenvalue weighted by atomic mass is 16.4. The summed E-state index contributed by atoms with van der Waals surface area (Å²) < 4.78 is 0. The van der Waals surface area contributed by atoms with Crippen molar-refractivity contribution in [3.8, 4) is 0 Å². The summed E-state index contributed by atoms with van der Waals surface area (Å²) in [6, 6.07) is 4.13. The Kier molecular flexibility index (Phi) is 12.6. The van der Waals surface area contributed by atoms with E-state index in [4.69, 9.17) is 11.5 Å². The fourth-order valence-electron chi connectivity index (χ4n) is 3.60. The van der Waals surface area contributed by atoms with E-state index in [2.05, 4.69) is 16.0 Å². The molecule has 11 heteroatoms. The van der Waals surface area contributed by atoms with E-state index in [1.165, 1.54) is 0 Å². The molecule has 4 unspecified atom stereocenters. The Labute approximate surface area is 211 Å². The van der Waals surface area contributed by atoms with E-state index >= 15 is 0 Å². The molecule has 36 heavy (non-hydrogen) atoms. The molecule has 0 heterocycles. The summed E-state index contributed by atoms with van der Waals surface area (Å²) in [6.45, 7) is 7.55. The Balaban J connectivity index is 3.00. The molecule has 0 aliphatic rings. The predicted octanol–water partition coefficient (Wildman–Crippen LogP) is 0.0630. The van der Waals surface area contributed by atoms with E-state index in [1.807, 2.05) is 27.7 Å². The number of carbonyl (C=O) groups excluding carboxylic acids is 4. The van der Waals surface area contributed by atoms with Gasteiger partial charge < -0.3 is 32.5 Å². The number of benzene rings is 1. The number of primary amides is 1. The first-order valence-electron chi connectivity index (χ1n) is 12.0. The monoisotopic (exact) mass is 505 g/mol. The van der Waals surface area contributed by atoms with Crippen LogP contribution in [0.1, 0.15) is 52.5 Å². The van der Waals surface area contributed by atoms with Gasteiger partial charge in [-0.05, 0) is 30.2 Å². The number of nitrogens with one attached hydrogen (secondary N) is 3. The molecule has 11 nitrogen and oxygen atoms in total. The Bertz CT molecular complexity index is 905. The van der Waals surface area contributed by atoms with Gasteiger partial charge in [0.25, 0.3) is 0 Å². The molecule has 0 saturated carbocycles. The molecule has 0 aliphatic carbocycles. The first kappa shape index (κ1) is 30.6. The second-order valence-electron chi connectivity index (χ2n) is 9.75. The molecule has 1 aromatic carbocycles. The van der Waals surface area contributed by atoms with E-state index in [-0.39, 0.29) is 24.7 Å². The van der Waals surface area contributed by atoms with E-state index < -0.39 is 60.2 Å². The lowest BCUT2D eigenvalue weighted by molar-refractivity contribution is -0.142. The van der Waals surface area contributed by atoms with Gasteiger partial charge in [0.05, 0.1) is 12.5 Å². The fourth-order valence-corrected chi connectivity index (χ4v) is 3.60. The molecular weight excluding hydrogens is 466 g/mol. The van der Waals surface area contributed by atoms with Crippen molar-refractivity contribution < 1.29 is 29.1 Å². The maximum Gasteiger partial charge on any atom is 0.326 e. The SMILES string of the molecule is CC(C)CC(N)C(=O)NC(CC(C)C)C(=O)NC(CC(N)=O)C(=O)NC(Cc1ccccc1)C(=O)O. The molecule has 0 fully saturated rings. The molecule has 0 saturated heterocycles. The number of rotatable bonds is 15. The lowest BCUT2D eigenvalue weighted by atomic mass is 10.00. The van der Waals surface area contributed by atoms with Gasteiger partial charge in [0.1, 0.15) is 18.1 Å². The molecule has 4 amide bonds. The number of aliphatic carboxylic acids is 1. The molecule has 0 radical (unpaired) electrons. The lowest BCUT2D eigenvalue weighted by Gasteiger charge is -2.26. The second kappa shape index (κ2) is 14.8. The van der Waals surface area contributed by atoms with Crippen LogP contribution in [0.4, 0.5) is 0 Å². The molecule has 1 aromatic rings. The Morgan fingerprint density at radius 1 is 0.778 bits per heavy atom. The Morgan fingerprint density at radius 2 is 1.28 bits per heavy atom. The number of amides is 4. The minimum Gasteiger partial charge on any atom is -0.480 e. The maximum absolute atomic E-state index is 13.1. The summed E-state index contributed by atoms with van der Waals surface area (Å²) in [4.78, 5) is 61.9. The van der Waals surface area contributed by atoms with Gasteiger partial charge in [-0.2, -0.15) is 0 Å².